The van der Waals surface area contributed by atoms with Crippen molar-refractivity contribution in [3.63, 3.8) is 0 Å². The smallest absolute Gasteiger partial charge is 0.253 e. The van der Waals surface area contributed by atoms with Crippen LogP contribution in [0.25, 0.3) is 0 Å². The highest BCUT2D eigenvalue weighted by Gasteiger charge is 2.39. The zero-order chi connectivity index (χ0) is 14.1. The fraction of sp³-hybridized carbons (Fsp3) is 0.625. The number of pyridine rings is 1. The number of nitrogens with one attached hydrogen (secondary N) is 1. The fourth-order valence-electron chi connectivity index (χ4n) is 3.94. The van der Waals surface area contributed by atoms with Gasteiger partial charge in [-0.2, -0.15) is 0 Å². The number of nitrogens with zero attached hydrogens (tertiary/aromatic N) is 1. The molecule has 1 amide bonds. The SMILES string of the molecule is Cc1cncc(C(=O)NC2C3CCCC2CC(N)C3)c1. The maximum absolute atomic E-state index is 12.4. The minimum Gasteiger partial charge on any atom is -0.349 e. The van der Waals surface area contributed by atoms with Gasteiger partial charge in [-0.05, 0) is 56.1 Å². The van der Waals surface area contributed by atoms with Crippen molar-refractivity contribution in [1.82, 2.24) is 10.3 Å². The van der Waals surface area contributed by atoms with Gasteiger partial charge in [0, 0.05) is 24.5 Å². The molecule has 2 aliphatic rings. The summed E-state index contributed by atoms with van der Waals surface area (Å²) in [6.07, 6.45) is 9.18. The molecule has 2 bridgehead atoms. The summed E-state index contributed by atoms with van der Waals surface area (Å²) in [7, 11) is 0. The van der Waals surface area contributed by atoms with Gasteiger partial charge in [0.1, 0.15) is 0 Å². The van der Waals surface area contributed by atoms with Crippen molar-refractivity contribution in [1.29, 1.82) is 0 Å². The molecular formula is C16H23N3O. The molecule has 3 rings (SSSR count). The van der Waals surface area contributed by atoms with Crippen molar-refractivity contribution in [2.45, 2.75) is 51.1 Å². The third-order valence-corrected chi connectivity index (χ3v) is 4.81. The van der Waals surface area contributed by atoms with E-state index in [0.29, 0.717) is 29.5 Å². The molecule has 4 nitrogen and oxygen atoms in total. The highest BCUT2D eigenvalue weighted by atomic mass is 16.1. The predicted molar refractivity (Wildman–Crippen MR) is 78.3 cm³/mol. The van der Waals surface area contributed by atoms with E-state index in [1.54, 1.807) is 12.4 Å². The lowest BCUT2D eigenvalue weighted by Gasteiger charge is -2.45. The number of aryl methyl sites for hydroxylation is 1. The average molecular weight is 273 g/mol. The Bertz CT molecular complexity index is 488. The average Bonchev–Trinajstić information content (AvgIpc) is 2.39. The van der Waals surface area contributed by atoms with E-state index in [1.807, 2.05) is 13.0 Å². The van der Waals surface area contributed by atoms with Gasteiger partial charge in [0.05, 0.1) is 5.56 Å². The number of fused-ring (bicyclic) bond motifs is 2. The number of carbonyl (C=O) groups excluding carboxylic acids is 1. The van der Waals surface area contributed by atoms with Crippen LogP contribution < -0.4 is 11.1 Å². The van der Waals surface area contributed by atoms with Crippen LogP contribution >= 0.6 is 0 Å². The van der Waals surface area contributed by atoms with Gasteiger partial charge < -0.3 is 11.1 Å². The molecule has 0 aromatic carbocycles. The van der Waals surface area contributed by atoms with Crippen LogP contribution in [0.4, 0.5) is 0 Å². The van der Waals surface area contributed by atoms with Gasteiger partial charge in [-0.3, -0.25) is 9.78 Å². The van der Waals surface area contributed by atoms with Crippen molar-refractivity contribution >= 4 is 5.91 Å². The van der Waals surface area contributed by atoms with E-state index < -0.39 is 0 Å². The van der Waals surface area contributed by atoms with Crippen molar-refractivity contribution in [3.05, 3.63) is 29.6 Å². The van der Waals surface area contributed by atoms with Crippen LogP contribution in [0.15, 0.2) is 18.5 Å². The molecule has 1 aromatic rings. The zero-order valence-corrected chi connectivity index (χ0v) is 12.0. The molecule has 20 heavy (non-hydrogen) atoms. The van der Waals surface area contributed by atoms with Gasteiger partial charge in [-0.15, -0.1) is 0 Å². The van der Waals surface area contributed by atoms with Crippen LogP contribution in [0.1, 0.15) is 48.0 Å². The number of aromatic nitrogens is 1. The summed E-state index contributed by atoms with van der Waals surface area (Å²) in [5, 5.41) is 3.25. The van der Waals surface area contributed by atoms with E-state index in [0.717, 1.165) is 18.4 Å². The molecule has 0 radical (unpaired) electrons. The molecule has 3 N–H and O–H groups in total. The predicted octanol–water partition coefficient (Wildman–Crippen LogP) is 2.03. The highest BCUT2D eigenvalue weighted by Crippen LogP contribution is 2.39. The van der Waals surface area contributed by atoms with E-state index in [4.69, 9.17) is 5.73 Å². The Kier molecular flexibility index (Phi) is 3.74. The second-order valence-corrected chi connectivity index (χ2v) is 6.43. The molecule has 0 spiro atoms. The lowest BCUT2D eigenvalue weighted by atomic mass is 9.67. The number of nitrogens with two attached hydrogens (primary N) is 1. The normalized spacial score (nSPS) is 32.7. The third kappa shape index (κ3) is 2.70. The summed E-state index contributed by atoms with van der Waals surface area (Å²) in [5.74, 6) is 1.12. The number of carbonyl (C=O) groups is 1. The first kappa shape index (κ1) is 13.6. The first-order valence-electron chi connectivity index (χ1n) is 7.61. The number of amides is 1. The molecule has 108 valence electrons. The molecule has 1 aromatic heterocycles. The first-order chi connectivity index (χ1) is 9.63. The van der Waals surface area contributed by atoms with E-state index in [9.17, 15) is 4.79 Å². The van der Waals surface area contributed by atoms with Gasteiger partial charge in [0.15, 0.2) is 0 Å². The van der Waals surface area contributed by atoms with Crippen LogP contribution in [0.5, 0.6) is 0 Å². The Morgan fingerprint density at radius 3 is 2.65 bits per heavy atom. The minimum atomic E-state index is 0.0126. The second kappa shape index (κ2) is 5.52. The van der Waals surface area contributed by atoms with Crippen LogP contribution in [-0.4, -0.2) is 23.0 Å². The third-order valence-electron chi connectivity index (χ3n) is 4.81. The molecule has 2 unspecified atom stereocenters. The lowest BCUT2D eigenvalue weighted by Crippen LogP contribution is -2.53. The van der Waals surface area contributed by atoms with Gasteiger partial charge in [0.25, 0.3) is 5.91 Å². The van der Waals surface area contributed by atoms with Gasteiger partial charge >= 0.3 is 0 Å². The number of rotatable bonds is 2. The Hall–Kier alpha value is -1.42. The molecular weight excluding hydrogens is 250 g/mol. The Labute approximate surface area is 120 Å². The van der Waals surface area contributed by atoms with Gasteiger partial charge in [-0.1, -0.05) is 6.42 Å². The molecule has 0 saturated heterocycles. The zero-order valence-electron chi connectivity index (χ0n) is 12.0. The topological polar surface area (TPSA) is 68.0 Å². The summed E-state index contributed by atoms with van der Waals surface area (Å²) in [4.78, 5) is 16.5. The van der Waals surface area contributed by atoms with Crippen LogP contribution in [0, 0.1) is 18.8 Å². The summed E-state index contributed by atoms with van der Waals surface area (Å²) < 4.78 is 0. The fourth-order valence-corrected chi connectivity index (χ4v) is 3.94. The highest BCUT2D eigenvalue weighted by molar-refractivity contribution is 5.94. The van der Waals surface area contributed by atoms with Crippen molar-refractivity contribution in [2.75, 3.05) is 0 Å². The summed E-state index contributed by atoms with van der Waals surface area (Å²) in [6.45, 7) is 1.96. The maximum atomic E-state index is 12.4. The van der Waals surface area contributed by atoms with Crippen LogP contribution in [0.2, 0.25) is 0 Å². The molecule has 1 heterocycles. The largest absolute Gasteiger partial charge is 0.349 e. The number of hydrogen-bond acceptors (Lipinski definition) is 3. The molecule has 2 fully saturated rings. The van der Waals surface area contributed by atoms with Crippen LogP contribution in [0.3, 0.4) is 0 Å². The maximum Gasteiger partial charge on any atom is 0.253 e. The van der Waals surface area contributed by atoms with Crippen molar-refractivity contribution in [3.8, 4) is 0 Å². The van der Waals surface area contributed by atoms with Gasteiger partial charge in [0.2, 0.25) is 0 Å². The molecule has 2 atom stereocenters. The van der Waals surface area contributed by atoms with Gasteiger partial charge in [-0.25, -0.2) is 0 Å². The Morgan fingerprint density at radius 1 is 1.30 bits per heavy atom. The second-order valence-electron chi connectivity index (χ2n) is 6.43. The summed E-state index contributed by atoms with van der Waals surface area (Å²) >= 11 is 0. The standard InChI is InChI=1S/C16H23N3O/c1-10-5-13(9-18-8-10)16(20)19-15-11-3-2-4-12(15)7-14(17)6-11/h5,8-9,11-12,14-15H,2-4,6-7,17H2,1H3,(H,19,20). The van der Waals surface area contributed by atoms with Crippen molar-refractivity contribution in [2.24, 2.45) is 17.6 Å². The molecule has 2 aliphatic carbocycles. The molecule has 0 aliphatic heterocycles. The first-order valence-corrected chi connectivity index (χ1v) is 7.61. The molecule has 4 heteroatoms. The Balaban J connectivity index is 1.72. The van der Waals surface area contributed by atoms with Crippen LogP contribution in [-0.2, 0) is 0 Å². The van der Waals surface area contributed by atoms with E-state index in [1.165, 1.54) is 19.3 Å². The Morgan fingerprint density at radius 2 is 2.00 bits per heavy atom. The van der Waals surface area contributed by atoms with E-state index in [2.05, 4.69) is 10.3 Å². The minimum absolute atomic E-state index is 0.0126. The summed E-state index contributed by atoms with van der Waals surface area (Å²) in [5.41, 5.74) is 7.81. The lowest BCUT2D eigenvalue weighted by molar-refractivity contribution is 0.0755. The molecule has 2 saturated carbocycles. The number of hydrogen-bond donors (Lipinski definition) is 2. The monoisotopic (exact) mass is 273 g/mol. The van der Waals surface area contributed by atoms with Crippen molar-refractivity contribution < 1.29 is 4.79 Å². The van der Waals surface area contributed by atoms with E-state index >= 15 is 0 Å². The quantitative estimate of drug-likeness (QED) is 0.866. The summed E-state index contributed by atoms with van der Waals surface area (Å²) in [6, 6.07) is 2.52. The van der Waals surface area contributed by atoms with E-state index in [-0.39, 0.29) is 5.91 Å².